The van der Waals surface area contributed by atoms with Crippen LogP contribution in [0.25, 0.3) is 0 Å². The van der Waals surface area contributed by atoms with Crippen LogP contribution in [0.4, 0.5) is 5.69 Å². The molecule has 1 heterocycles. The van der Waals surface area contributed by atoms with Crippen LogP contribution in [0.1, 0.15) is 10.4 Å². The van der Waals surface area contributed by atoms with E-state index in [2.05, 4.69) is 10.3 Å². The van der Waals surface area contributed by atoms with E-state index in [1.54, 1.807) is 0 Å². The summed E-state index contributed by atoms with van der Waals surface area (Å²) in [5.74, 6) is -0.284. The first-order valence-corrected chi connectivity index (χ1v) is 6.90. The highest BCUT2D eigenvalue weighted by atomic mass is 35.5. The molecule has 0 bridgehead atoms. The lowest BCUT2D eigenvalue weighted by Crippen LogP contribution is -2.28. The number of halogens is 1. The maximum atomic E-state index is 11.7. The average molecular weight is 292 g/mol. The molecule has 1 rings (SSSR count). The lowest BCUT2D eigenvalue weighted by molar-refractivity contribution is -0.385. The molecule has 0 aliphatic rings. The van der Waals surface area contributed by atoms with E-state index < -0.39 is 21.6 Å². The van der Waals surface area contributed by atoms with Crippen LogP contribution in [0.5, 0.6) is 0 Å². The second kappa shape index (κ2) is 6.41. The highest BCUT2D eigenvalue weighted by Crippen LogP contribution is 2.18. The van der Waals surface area contributed by atoms with Crippen LogP contribution in [0.2, 0.25) is 5.15 Å². The summed E-state index contributed by atoms with van der Waals surface area (Å²) in [5, 5.41) is 12.9. The molecule has 1 amide bonds. The van der Waals surface area contributed by atoms with Crippen LogP contribution in [-0.4, -0.2) is 38.6 Å². The van der Waals surface area contributed by atoms with E-state index in [1.165, 1.54) is 6.26 Å². The van der Waals surface area contributed by atoms with Gasteiger partial charge >= 0.3 is 0 Å². The number of carbonyl (C=O) groups is 1. The summed E-state index contributed by atoms with van der Waals surface area (Å²) in [6.45, 7) is 0.195. The van der Waals surface area contributed by atoms with Crippen molar-refractivity contribution in [3.63, 3.8) is 0 Å². The Kier molecular flexibility index (Phi) is 5.17. The standard InChI is InChI=1S/C9H10ClN3O4S/c1-18(17)3-2-11-9(14)7-4-6(13(15)16)5-12-8(7)10/h4-5H,2-3H2,1H3,(H,11,14). The van der Waals surface area contributed by atoms with Crippen LogP contribution < -0.4 is 5.32 Å². The highest BCUT2D eigenvalue weighted by molar-refractivity contribution is 7.84. The predicted octanol–water partition coefficient (Wildman–Crippen LogP) is 0.751. The quantitative estimate of drug-likeness (QED) is 0.490. The summed E-state index contributed by atoms with van der Waals surface area (Å²) in [7, 11) is -1.03. The zero-order chi connectivity index (χ0) is 13.7. The van der Waals surface area contributed by atoms with Gasteiger partial charge in [0.2, 0.25) is 0 Å². The number of rotatable bonds is 5. The molecule has 0 fully saturated rings. The van der Waals surface area contributed by atoms with Crippen molar-refractivity contribution in [2.45, 2.75) is 0 Å². The number of amides is 1. The summed E-state index contributed by atoms with van der Waals surface area (Å²) < 4.78 is 10.8. The first-order valence-electron chi connectivity index (χ1n) is 4.80. The van der Waals surface area contributed by atoms with E-state index in [9.17, 15) is 19.1 Å². The molecule has 0 aliphatic carbocycles. The summed E-state index contributed by atoms with van der Waals surface area (Å²) in [4.78, 5) is 25.1. The average Bonchev–Trinajstić information content (AvgIpc) is 2.28. The molecule has 0 spiro atoms. The van der Waals surface area contributed by atoms with Crippen LogP contribution >= 0.6 is 11.6 Å². The number of aromatic nitrogens is 1. The molecule has 0 radical (unpaired) electrons. The second-order valence-electron chi connectivity index (χ2n) is 3.32. The SMILES string of the molecule is CS(=O)CCNC(=O)c1cc([N+](=O)[O-])cnc1Cl. The number of hydrogen-bond acceptors (Lipinski definition) is 5. The van der Waals surface area contributed by atoms with Gasteiger partial charge in [0.05, 0.1) is 10.5 Å². The van der Waals surface area contributed by atoms with Gasteiger partial charge in [0, 0.05) is 35.4 Å². The Morgan fingerprint density at radius 2 is 2.33 bits per heavy atom. The Balaban J connectivity index is 2.81. The number of hydrogen-bond donors (Lipinski definition) is 1. The fourth-order valence-corrected chi connectivity index (χ4v) is 1.68. The molecule has 98 valence electrons. The maximum absolute atomic E-state index is 11.7. The summed E-state index contributed by atoms with van der Waals surface area (Å²) >= 11 is 5.68. The molecule has 0 saturated heterocycles. The summed E-state index contributed by atoms with van der Waals surface area (Å²) in [5.41, 5.74) is -0.392. The fraction of sp³-hybridized carbons (Fsp3) is 0.333. The van der Waals surface area contributed by atoms with Gasteiger partial charge < -0.3 is 5.32 Å². The zero-order valence-corrected chi connectivity index (χ0v) is 11.0. The highest BCUT2D eigenvalue weighted by Gasteiger charge is 2.16. The van der Waals surface area contributed by atoms with E-state index in [0.29, 0.717) is 5.75 Å². The largest absolute Gasteiger partial charge is 0.351 e. The molecule has 9 heteroatoms. The van der Waals surface area contributed by atoms with Crippen molar-refractivity contribution in [3.05, 3.63) is 33.1 Å². The lowest BCUT2D eigenvalue weighted by Gasteiger charge is -2.05. The van der Waals surface area contributed by atoms with Gasteiger partial charge in [0.25, 0.3) is 11.6 Å². The van der Waals surface area contributed by atoms with Gasteiger partial charge in [-0.15, -0.1) is 0 Å². The molecular formula is C9H10ClN3O4S. The van der Waals surface area contributed by atoms with Gasteiger partial charge in [-0.2, -0.15) is 0 Å². The summed E-state index contributed by atoms with van der Waals surface area (Å²) in [6.07, 6.45) is 2.48. The van der Waals surface area contributed by atoms with Gasteiger partial charge in [-0.05, 0) is 0 Å². The van der Waals surface area contributed by atoms with Crippen molar-refractivity contribution in [1.82, 2.24) is 10.3 Å². The van der Waals surface area contributed by atoms with Crippen molar-refractivity contribution in [1.29, 1.82) is 0 Å². The molecule has 0 aliphatic heterocycles. The number of pyridine rings is 1. The van der Waals surface area contributed by atoms with Crippen LogP contribution in [0, 0.1) is 10.1 Å². The first-order chi connectivity index (χ1) is 8.41. The second-order valence-corrected chi connectivity index (χ2v) is 5.23. The minimum atomic E-state index is -1.03. The molecule has 0 aromatic carbocycles. The lowest BCUT2D eigenvalue weighted by atomic mass is 10.2. The fourth-order valence-electron chi connectivity index (χ4n) is 1.10. The van der Waals surface area contributed by atoms with Crippen LogP contribution in [-0.2, 0) is 10.8 Å². The topological polar surface area (TPSA) is 102 Å². The minimum Gasteiger partial charge on any atom is -0.351 e. The number of nitrogens with zero attached hydrogens (tertiary/aromatic N) is 2. The van der Waals surface area contributed by atoms with Crippen molar-refractivity contribution in [3.8, 4) is 0 Å². The smallest absolute Gasteiger partial charge is 0.288 e. The van der Waals surface area contributed by atoms with Gasteiger partial charge in [0.1, 0.15) is 11.3 Å². The van der Waals surface area contributed by atoms with Crippen molar-refractivity contribution >= 4 is 34.0 Å². The molecular weight excluding hydrogens is 282 g/mol. The minimum absolute atomic E-state index is 0.0762. The van der Waals surface area contributed by atoms with Gasteiger partial charge in [-0.3, -0.25) is 19.1 Å². The molecule has 1 aromatic heterocycles. The summed E-state index contributed by atoms with van der Waals surface area (Å²) in [6, 6.07) is 1.05. The van der Waals surface area contributed by atoms with Crippen LogP contribution in [0.15, 0.2) is 12.3 Å². The van der Waals surface area contributed by atoms with E-state index >= 15 is 0 Å². The molecule has 7 nitrogen and oxygen atoms in total. The van der Waals surface area contributed by atoms with E-state index in [0.717, 1.165) is 12.3 Å². The monoisotopic (exact) mass is 291 g/mol. The van der Waals surface area contributed by atoms with Crippen LogP contribution in [0.3, 0.4) is 0 Å². The number of carbonyl (C=O) groups excluding carboxylic acids is 1. The third-order valence-electron chi connectivity index (χ3n) is 1.96. The molecule has 1 atom stereocenters. The molecule has 1 unspecified atom stereocenters. The van der Waals surface area contributed by atoms with Gasteiger partial charge in [-0.25, -0.2) is 4.98 Å². The van der Waals surface area contributed by atoms with Crippen molar-refractivity contribution in [2.24, 2.45) is 0 Å². The Labute approximate surface area is 110 Å². The van der Waals surface area contributed by atoms with E-state index in [4.69, 9.17) is 11.6 Å². The predicted molar refractivity (Wildman–Crippen MR) is 67.2 cm³/mol. The van der Waals surface area contributed by atoms with Gasteiger partial charge in [0.15, 0.2) is 0 Å². The Hall–Kier alpha value is -1.54. The maximum Gasteiger partial charge on any atom is 0.288 e. The molecule has 0 saturated carbocycles. The van der Waals surface area contributed by atoms with E-state index in [1.807, 2.05) is 0 Å². The number of nitro groups is 1. The third kappa shape index (κ3) is 4.04. The zero-order valence-electron chi connectivity index (χ0n) is 9.38. The Bertz CT molecular complexity index is 509. The number of nitrogens with one attached hydrogen (secondary N) is 1. The van der Waals surface area contributed by atoms with Gasteiger partial charge in [-0.1, -0.05) is 11.6 Å². The Morgan fingerprint density at radius 1 is 1.67 bits per heavy atom. The molecule has 1 N–H and O–H groups in total. The third-order valence-corrected chi connectivity index (χ3v) is 3.04. The molecule has 18 heavy (non-hydrogen) atoms. The van der Waals surface area contributed by atoms with E-state index in [-0.39, 0.29) is 22.9 Å². The normalized spacial score (nSPS) is 11.9. The van der Waals surface area contributed by atoms with Crippen molar-refractivity contribution in [2.75, 3.05) is 18.6 Å². The Morgan fingerprint density at radius 3 is 2.89 bits per heavy atom. The van der Waals surface area contributed by atoms with Crippen molar-refractivity contribution < 1.29 is 13.9 Å². The molecule has 1 aromatic rings. The first kappa shape index (κ1) is 14.5.